The monoisotopic (exact) mass is 374 g/mol. The summed E-state index contributed by atoms with van der Waals surface area (Å²) >= 11 is 11.9. The third-order valence-electron chi connectivity index (χ3n) is 3.31. The number of nitrogens with one attached hydrogen (secondary N) is 2. The minimum Gasteiger partial charge on any atom is -0.378 e. The molecule has 0 saturated carbocycles. The van der Waals surface area contributed by atoms with Crippen molar-refractivity contribution in [2.45, 2.75) is 0 Å². The van der Waals surface area contributed by atoms with Crippen LogP contribution in [0.4, 0.5) is 17.1 Å². The number of rotatable bonds is 5. The van der Waals surface area contributed by atoms with Gasteiger partial charge in [0.1, 0.15) is 11.6 Å². The molecule has 0 unspecified atom stereocenters. The summed E-state index contributed by atoms with van der Waals surface area (Å²) in [5, 5.41) is 15.5. The minimum atomic E-state index is -0.580. The van der Waals surface area contributed by atoms with Crippen LogP contribution in [0.25, 0.3) is 0 Å². The maximum atomic E-state index is 12.2. The summed E-state index contributed by atoms with van der Waals surface area (Å²) in [5.74, 6) is -0.580. The number of carbonyl (C=O) groups excluding carboxylic acids is 1. The van der Waals surface area contributed by atoms with Crippen LogP contribution in [0.15, 0.2) is 54.2 Å². The Labute approximate surface area is 156 Å². The van der Waals surface area contributed by atoms with Crippen molar-refractivity contribution in [3.05, 3.63) is 64.3 Å². The highest BCUT2D eigenvalue weighted by atomic mass is 35.5. The van der Waals surface area contributed by atoms with Gasteiger partial charge in [-0.1, -0.05) is 23.2 Å². The predicted molar refractivity (Wildman–Crippen MR) is 103 cm³/mol. The lowest BCUT2D eigenvalue weighted by atomic mass is 10.2. The van der Waals surface area contributed by atoms with Crippen LogP contribution in [-0.2, 0) is 4.79 Å². The van der Waals surface area contributed by atoms with Gasteiger partial charge in [-0.3, -0.25) is 4.79 Å². The van der Waals surface area contributed by atoms with Crippen molar-refractivity contribution in [3.63, 3.8) is 0 Å². The van der Waals surface area contributed by atoms with Gasteiger partial charge in [0.25, 0.3) is 5.91 Å². The van der Waals surface area contributed by atoms with E-state index >= 15 is 0 Å². The maximum absolute atomic E-state index is 12.2. The smallest absolute Gasteiger partial charge is 0.267 e. The molecule has 2 N–H and O–H groups in total. The summed E-state index contributed by atoms with van der Waals surface area (Å²) in [7, 11) is 3.89. The van der Waals surface area contributed by atoms with E-state index < -0.39 is 5.91 Å². The van der Waals surface area contributed by atoms with Gasteiger partial charge in [0.15, 0.2) is 0 Å². The van der Waals surface area contributed by atoms with Crippen LogP contribution in [0, 0.1) is 11.3 Å². The van der Waals surface area contributed by atoms with Crippen LogP contribution >= 0.6 is 23.2 Å². The second kappa shape index (κ2) is 8.43. The molecule has 0 heterocycles. The molecule has 7 heteroatoms. The Kier molecular flexibility index (Phi) is 6.29. The van der Waals surface area contributed by atoms with E-state index in [1.165, 1.54) is 12.3 Å². The van der Waals surface area contributed by atoms with Gasteiger partial charge in [0.2, 0.25) is 0 Å². The van der Waals surface area contributed by atoms with E-state index in [0.29, 0.717) is 15.7 Å². The molecule has 0 aliphatic heterocycles. The Morgan fingerprint density at radius 1 is 1.16 bits per heavy atom. The fourth-order valence-corrected chi connectivity index (χ4v) is 2.28. The summed E-state index contributed by atoms with van der Waals surface area (Å²) in [4.78, 5) is 14.2. The molecule has 2 aromatic carbocycles. The number of nitrogens with zero attached hydrogens (tertiary/aromatic N) is 2. The first-order valence-corrected chi connectivity index (χ1v) is 8.07. The van der Waals surface area contributed by atoms with Crippen LogP contribution in [0.3, 0.4) is 0 Å². The van der Waals surface area contributed by atoms with Gasteiger partial charge < -0.3 is 15.5 Å². The molecule has 5 nitrogen and oxygen atoms in total. The molecule has 0 saturated heterocycles. The number of carbonyl (C=O) groups is 1. The number of nitriles is 1. The van der Waals surface area contributed by atoms with E-state index in [1.807, 2.05) is 49.3 Å². The quantitative estimate of drug-likeness (QED) is 0.596. The third kappa shape index (κ3) is 5.15. The third-order valence-corrected chi connectivity index (χ3v) is 3.87. The predicted octanol–water partition coefficient (Wildman–Crippen LogP) is 4.52. The SMILES string of the molecule is CN(C)c1ccc(N/C=C(/C#N)C(=O)Nc2cc(Cl)ccc2Cl)cc1. The first kappa shape index (κ1) is 18.7. The van der Waals surface area contributed by atoms with Gasteiger partial charge in [-0.05, 0) is 42.5 Å². The molecule has 0 fully saturated rings. The molecule has 0 atom stereocenters. The highest BCUT2D eigenvalue weighted by Crippen LogP contribution is 2.25. The molecule has 25 heavy (non-hydrogen) atoms. The van der Waals surface area contributed by atoms with Gasteiger partial charge in [-0.15, -0.1) is 0 Å². The van der Waals surface area contributed by atoms with Crippen molar-refractivity contribution in [2.24, 2.45) is 0 Å². The molecule has 0 radical (unpaired) electrons. The minimum absolute atomic E-state index is 0.0901. The summed E-state index contributed by atoms with van der Waals surface area (Å²) in [6.45, 7) is 0. The number of hydrogen-bond acceptors (Lipinski definition) is 4. The summed E-state index contributed by atoms with van der Waals surface area (Å²) in [6.07, 6.45) is 1.35. The van der Waals surface area contributed by atoms with Crippen molar-refractivity contribution in [1.82, 2.24) is 0 Å². The van der Waals surface area contributed by atoms with Gasteiger partial charge >= 0.3 is 0 Å². The van der Waals surface area contributed by atoms with Crippen LogP contribution < -0.4 is 15.5 Å². The lowest BCUT2D eigenvalue weighted by Gasteiger charge is -2.12. The number of amides is 1. The van der Waals surface area contributed by atoms with Gasteiger partial charge in [0.05, 0.1) is 10.7 Å². The van der Waals surface area contributed by atoms with Crippen molar-refractivity contribution in [2.75, 3.05) is 29.6 Å². The Morgan fingerprint density at radius 2 is 1.84 bits per heavy atom. The fraction of sp³-hybridized carbons (Fsp3) is 0.111. The van der Waals surface area contributed by atoms with Crippen molar-refractivity contribution < 1.29 is 4.79 Å². The van der Waals surface area contributed by atoms with E-state index in [0.717, 1.165) is 11.4 Å². The van der Waals surface area contributed by atoms with E-state index in [-0.39, 0.29) is 5.57 Å². The zero-order chi connectivity index (χ0) is 18.4. The lowest BCUT2D eigenvalue weighted by Crippen LogP contribution is -2.15. The Morgan fingerprint density at radius 3 is 2.44 bits per heavy atom. The maximum Gasteiger partial charge on any atom is 0.267 e. The molecular formula is C18H16Cl2N4O. The summed E-state index contributed by atoms with van der Waals surface area (Å²) < 4.78 is 0. The summed E-state index contributed by atoms with van der Waals surface area (Å²) in [6, 6.07) is 14.1. The molecular weight excluding hydrogens is 359 g/mol. The van der Waals surface area contributed by atoms with Crippen LogP contribution in [0.2, 0.25) is 10.0 Å². The fourth-order valence-electron chi connectivity index (χ4n) is 1.94. The molecule has 128 valence electrons. The Bertz CT molecular complexity index is 839. The van der Waals surface area contributed by atoms with E-state index in [9.17, 15) is 10.1 Å². The van der Waals surface area contributed by atoms with Crippen molar-refractivity contribution in [3.8, 4) is 6.07 Å². The first-order chi connectivity index (χ1) is 11.9. The second-order valence-electron chi connectivity index (χ2n) is 5.33. The zero-order valence-corrected chi connectivity index (χ0v) is 15.2. The molecule has 0 spiro atoms. The average molecular weight is 375 g/mol. The Hall–Kier alpha value is -2.68. The number of benzene rings is 2. The van der Waals surface area contributed by atoms with Crippen molar-refractivity contribution >= 4 is 46.2 Å². The molecule has 0 aliphatic carbocycles. The first-order valence-electron chi connectivity index (χ1n) is 7.31. The van der Waals surface area contributed by atoms with E-state index in [4.69, 9.17) is 23.2 Å². The molecule has 2 rings (SSSR count). The number of hydrogen-bond donors (Lipinski definition) is 2. The van der Waals surface area contributed by atoms with Crippen LogP contribution in [0.1, 0.15) is 0 Å². The zero-order valence-electron chi connectivity index (χ0n) is 13.7. The standard InChI is InChI=1S/C18H16Cl2N4O/c1-24(2)15-6-4-14(5-7-15)22-11-12(10-21)18(25)23-17-9-13(19)3-8-16(17)20/h3-9,11,22H,1-2H3,(H,23,25)/b12-11-. The average Bonchev–Trinajstić information content (AvgIpc) is 2.59. The lowest BCUT2D eigenvalue weighted by molar-refractivity contribution is -0.112. The summed E-state index contributed by atoms with van der Waals surface area (Å²) in [5.41, 5.74) is 2.05. The Balaban J connectivity index is 2.10. The second-order valence-corrected chi connectivity index (χ2v) is 6.18. The largest absolute Gasteiger partial charge is 0.378 e. The normalized spacial score (nSPS) is 10.8. The van der Waals surface area contributed by atoms with E-state index in [2.05, 4.69) is 10.6 Å². The molecule has 0 aliphatic rings. The van der Waals surface area contributed by atoms with Crippen LogP contribution in [-0.4, -0.2) is 20.0 Å². The highest BCUT2D eigenvalue weighted by Gasteiger charge is 2.11. The molecule has 0 aromatic heterocycles. The van der Waals surface area contributed by atoms with Gasteiger partial charge in [-0.2, -0.15) is 5.26 Å². The highest BCUT2D eigenvalue weighted by molar-refractivity contribution is 6.35. The topological polar surface area (TPSA) is 68.2 Å². The van der Waals surface area contributed by atoms with Gasteiger partial charge in [0, 0.05) is 36.7 Å². The molecule has 1 amide bonds. The number of halogens is 2. The number of anilines is 3. The molecule has 0 bridgehead atoms. The van der Waals surface area contributed by atoms with E-state index in [1.54, 1.807) is 12.1 Å². The van der Waals surface area contributed by atoms with Crippen molar-refractivity contribution in [1.29, 1.82) is 5.26 Å². The molecule has 2 aromatic rings. The van der Waals surface area contributed by atoms with Gasteiger partial charge in [-0.25, -0.2) is 0 Å². The van der Waals surface area contributed by atoms with Crippen LogP contribution in [0.5, 0.6) is 0 Å².